The van der Waals surface area contributed by atoms with E-state index < -0.39 is 56.5 Å². The zero-order valence-electron chi connectivity index (χ0n) is 30.0. The number of aromatic nitrogens is 3. The molecule has 0 bridgehead atoms. The molecule has 20 nitrogen and oxygen atoms in total. The number of rotatable bonds is 14. The Morgan fingerprint density at radius 1 is 0.559 bits per heavy atom. The van der Waals surface area contributed by atoms with Crippen molar-refractivity contribution in [1.82, 2.24) is 15.0 Å². The highest BCUT2D eigenvalue weighted by Gasteiger charge is 2.21. The van der Waals surface area contributed by atoms with Crippen LogP contribution in [-0.2, 0) is 53.8 Å². The number of benzene rings is 5. The second-order valence-corrected chi connectivity index (χ2v) is 16.9. The van der Waals surface area contributed by atoms with Gasteiger partial charge in [-0.2, -0.15) is 55.7 Å². The molecule has 0 amide bonds. The molecule has 6 aromatic rings. The Bertz CT molecular complexity index is 2990. The maximum atomic E-state index is 12.0. The molecule has 4 N–H and O–H groups in total. The monoisotopic (exact) mass is 882 g/mol. The van der Waals surface area contributed by atoms with Crippen LogP contribution in [0.2, 0.25) is 0 Å². The van der Waals surface area contributed by atoms with Crippen LogP contribution in [0.25, 0.3) is 10.8 Å². The van der Waals surface area contributed by atoms with E-state index in [1.54, 1.807) is 24.3 Å². The van der Waals surface area contributed by atoms with Gasteiger partial charge in [0.25, 0.3) is 30.4 Å². The fourth-order valence-corrected chi connectivity index (χ4v) is 6.87. The van der Waals surface area contributed by atoms with E-state index in [1.807, 2.05) is 54.6 Å². The second kappa shape index (κ2) is 19.0. The van der Waals surface area contributed by atoms with E-state index in [1.165, 1.54) is 18.2 Å². The summed E-state index contributed by atoms with van der Waals surface area (Å²) in [6, 6.07) is 29.4. The molecular weight excluding hydrogens is 853 g/mol. The normalized spacial score (nSPS) is 12.1. The Hall–Kier alpha value is -6.28. The molecule has 1 aromatic heterocycles. The molecule has 5 aromatic carbocycles. The van der Waals surface area contributed by atoms with Crippen LogP contribution in [0.15, 0.2) is 139 Å². The van der Waals surface area contributed by atoms with Crippen LogP contribution in [0.4, 0.5) is 28.7 Å². The summed E-state index contributed by atoms with van der Waals surface area (Å²) in [6.07, 6.45) is 0.577. The zero-order chi connectivity index (χ0) is 42.8. The molecule has 0 saturated heterocycles. The molecule has 0 fully saturated rings. The largest absolute Gasteiger partial charge is 0.425 e. The first-order chi connectivity index (χ1) is 27.8. The third kappa shape index (κ3) is 14.0. The van der Waals surface area contributed by atoms with E-state index in [0.717, 1.165) is 22.9 Å². The van der Waals surface area contributed by atoms with Crippen molar-refractivity contribution in [2.24, 2.45) is 20.5 Å². The molecule has 306 valence electrons. The highest BCUT2D eigenvalue weighted by Crippen LogP contribution is 2.31. The van der Waals surface area contributed by atoms with Gasteiger partial charge in [0.2, 0.25) is 5.95 Å². The van der Waals surface area contributed by atoms with Crippen LogP contribution in [-0.4, -0.2) is 78.8 Å². The predicted octanol–water partition coefficient (Wildman–Crippen LogP) is 5.83. The minimum absolute atomic E-state index is 0.0347. The van der Waals surface area contributed by atoms with E-state index >= 15 is 0 Å². The number of nitrogens with one attached hydrogen (secondary N) is 1. The van der Waals surface area contributed by atoms with Gasteiger partial charge in [-0.15, -0.1) is 12.6 Å². The van der Waals surface area contributed by atoms with Gasteiger partial charge in [0.15, 0.2) is 0 Å². The Morgan fingerprint density at radius 3 is 1.51 bits per heavy atom. The summed E-state index contributed by atoms with van der Waals surface area (Å²) in [4.78, 5) is 12.1. The summed E-state index contributed by atoms with van der Waals surface area (Å²) >= 11 is 0. The molecule has 1 heterocycles. The highest BCUT2D eigenvalue weighted by atomic mass is 32.2. The number of anilines is 1. The molecule has 0 spiro atoms. The van der Waals surface area contributed by atoms with E-state index in [2.05, 4.69) is 40.7 Å². The predicted molar refractivity (Wildman–Crippen MR) is 211 cm³/mol. The fourth-order valence-electron chi connectivity index (χ4n) is 5.16. The number of nitrogens with zero attached hydrogens (tertiary/aromatic N) is 7. The lowest BCUT2D eigenvalue weighted by Gasteiger charge is -2.09. The topological polar surface area (TPSA) is 314 Å². The Labute approximate surface area is 338 Å². The summed E-state index contributed by atoms with van der Waals surface area (Å²) in [6.45, 7) is -0.136. The summed E-state index contributed by atoms with van der Waals surface area (Å²) in [5.41, 5.74) is 3.65. The van der Waals surface area contributed by atoms with E-state index in [4.69, 9.17) is 17.2 Å². The fraction of sp³-hybridized carbons (Fsp3) is 0.114. The first kappa shape index (κ1) is 43.8. The van der Waals surface area contributed by atoms with Crippen molar-refractivity contribution in [3.05, 3.63) is 132 Å². The molecule has 0 aliphatic carbocycles. The maximum Gasteiger partial charge on any atom is 0.425 e. The number of hydrogen-bond acceptors (Lipinski definition) is 17. The average Bonchev–Trinajstić information content (AvgIpc) is 3.16. The molecule has 59 heavy (non-hydrogen) atoms. The molecule has 6 rings (SSSR count). The molecule has 24 heteroatoms. The minimum Gasteiger partial charge on any atom is -0.353 e. The third-order valence-electron chi connectivity index (χ3n) is 7.74. The van der Waals surface area contributed by atoms with Crippen molar-refractivity contribution in [2.45, 2.75) is 22.6 Å². The van der Waals surface area contributed by atoms with E-state index in [-0.39, 0.29) is 35.4 Å². The Morgan fingerprint density at radius 2 is 1.03 bits per heavy atom. The summed E-state index contributed by atoms with van der Waals surface area (Å²) < 4.78 is 123. The van der Waals surface area contributed by atoms with Gasteiger partial charge in [0.1, 0.15) is 16.5 Å². The number of hydrogen-bond donors (Lipinski definition) is 4. The molecule has 0 aliphatic heterocycles. The van der Waals surface area contributed by atoms with Gasteiger partial charge in [-0.1, -0.05) is 48.5 Å². The second-order valence-electron chi connectivity index (χ2n) is 12.1. The Balaban J connectivity index is 0.00000158. The van der Waals surface area contributed by atoms with Crippen molar-refractivity contribution in [2.75, 3.05) is 17.6 Å². The lowest BCUT2D eigenvalue weighted by molar-refractivity contribution is 0.479. The molecule has 0 atom stereocenters. The first-order valence-corrected chi connectivity index (χ1v) is 22.1. The van der Waals surface area contributed by atoms with Crippen LogP contribution in [0.1, 0.15) is 22.8 Å². The van der Waals surface area contributed by atoms with Gasteiger partial charge >= 0.3 is 10.6 Å². The van der Waals surface area contributed by atoms with Crippen LogP contribution in [0.3, 0.4) is 0 Å². The molecule has 0 radical (unpaired) electrons. The summed E-state index contributed by atoms with van der Waals surface area (Å²) in [5.74, 6) is 0.369. The molecule has 0 aliphatic rings. The van der Waals surface area contributed by atoms with Crippen LogP contribution >= 0.6 is 0 Å². The highest BCUT2D eigenvalue weighted by molar-refractivity contribution is 7.87. The van der Waals surface area contributed by atoms with Gasteiger partial charge < -0.3 is 5.32 Å². The van der Waals surface area contributed by atoms with Crippen LogP contribution < -0.4 is 5.32 Å². The standard InChI is InChI=1S/C35H30N8O9S3.O3S/c44-53(45,46)17-16-36-35-38-33(18-23-6-11-27(12-7-23)41-40-26-4-2-1-3-5-26)37-34(39-35)19-24-8-13-28(14-9-24)42-43-29-15-10-25-20-30(54(47,48)49)22-32(31(25)21-29)55(50,51)52;1-4(2)3/h1-15,20-22H,16-19H2,(H,44,45,46)(H,47,48,49)(H,50,51,52)(H,36,37,38,39);. The van der Waals surface area contributed by atoms with Crippen molar-refractivity contribution >= 4 is 80.4 Å². The summed E-state index contributed by atoms with van der Waals surface area (Å²) in [5, 5.41) is 19.7. The van der Waals surface area contributed by atoms with Gasteiger partial charge in [-0.05, 0) is 77.2 Å². The van der Waals surface area contributed by atoms with Gasteiger partial charge in [-0.25, -0.2) is 4.98 Å². The van der Waals surface area contributed by atoms with E-state index in [0.29, 0.717) is 35.5 Å². The smallest absolute Gasteiger partial charge is 0.353 e. The molecular formula is C35H30N8O12S4. The SMILES string of the molecule is O=S(=O)(O)CCNc1nc(Cc2ccc(N=Nc3ccccc3)cc2)nc(Cc2ccc(N=Nc3ccc4cc(S(=O)(=O)O)cc(S(=O)(=O)O)c4c3)cc2)n1.O=S(=O)=O. The molecule has 0 unspecified atom stereocenters. The van der Waals surface area contributed by atoms with E-state index in [9.17, 15) is 34.4 Å². The van der Waals surface area contributed by atoms with Gasteiger partial charge in [0.05, 0.1) is 33.4 Å². The summed E-state index contributed by atoms with van der Waals surface area (Å²) in [7, 11) is -17.0. The van der Waals surface area contributed by atoms with Crippen molar-refractivity contribution in [3.8, 4) is 0 Å². The van der Waals surface area contributed by atoms with Crippen LogP contribution in [0, 0.1) is 0 Å². The lowest BCUT2D eigenvalue weighted by atomic mass is 10.1. The third-order valence-corrected chi connectivity index (χ3v) is 10.2. The van der Waals surface area contributed by atoms with Gasteiger partial charge in [-0.3, -0.25) is 13.7 Å². The van der Waals surface area contributed by atoms with Crippen molar-refractivity contribution in [1.29, 1.82) is 0 Å². The van der Waals surface area contributed by atoms with Crippen LogP contribution in [0.5, 0.6) is 0 Å². The van der Waals surface area contributed by atoms with Crippen molar-refractivity contribution < 1.29 is 51.5 Å². The van der Waals surface area contributed by atoms with Gasteiger partial charge in [0, 0.05) is 24.8 Å². The molecule has 0 saturated carbocycles. The number of fused-ring (bicyclic) bond motifs is 1. The quantitative estimate of drug-likeness (QED) is 0.0739. The lowest BCUT2D eigenvalue weighted by Crippen LogP contribution is -2.17. The zero-order valence-corrected chi connectivity index (χ0v) is 33.3. The number of azo groups is 2. The minimum atomic E-state index is -4.88. The first-order valence-electron chi connectivity index (χ1n) is 16.6. The maximum absolute atomic E-state index is 12.0. The Kier molecular flexibility index (Phi) is 14.1. The van der Waals surface area contributed by atoms with Crippen molar-refractivity contribution in [3.63, 3.8) is 0 Å². The average molecular weight is 883 g/mol.